The van der Waals surface area contributed by atoms with E-state index in [-0.39, 0.29) is 54.5 Å². The summed E-state index contributed by atoms with van der Waals surface area (Å²) >= 11 is 0. The minimum Gasteiger partial charge on any atom is -0.461 e. The molecule has 0 aromatic carbocycles. The Labute approximate surface area is 277 Å². The van der Waals surface area contributed by atoms with E-state index in [1.54, 1.807) is 12.0 Å². The SMILES string of the molecule is CO[C@H]1C[C@@H]2CC[C@@H](C)[C@](O)(CC(=O)N3CCCC[C@H]3C(=O)OC([C@H](C)CC3CCC(O)CC3)CC[C@H](C)/C=C/C=C/C=C/1C)O2. The number of hydrogen-bond acceptors (Lipinski definition) is 7. The number of methoxy groups -OCH3 is 1. The summed E-state index contributed by atoms with van der Waals surface area (Å²) in [5.41, 5.74) is 1.07. The van der Waals surface area contributed by atoms with Crippen molar-refractivity contribution in [2.24, 2.45) is 23.7 Å². The topological polar surface area (TPSA) is 106 Å². The average Bonchev–Trinajstić information content (AvgIpc) is 3.03. The molecule has 2 bridgehead atoms. The highest BCUT2D eigenvalue weighted by Gasteiger charge is 2.46. The molecular formula is C38H61NO7. The van der Waals surface area contributed by atoms with Gasteiger partial charge in [-0.05, 0) is 107 Å². The summed E-state index contributed by atoms with van der Waals surface area (Å²) in [5.74, 6) is -1.40. The van der Waals surface area contributed by atoms with Gasteiger partial charge in [0, 0.05) is 26.0 Å². The van der Waals surface area contributed by atoms with Crippen molar-refractivity contribution < 1.29 is 34.0 Å². The van der Waals surface area contributed by atoms with Gasteiger partial charge in [0.15, 0.2) is 5.79 Å². The number of allylic oxidation sites excluding steroid dienone is 5. The number of carbonyl (C=O) groups is 2. The molecule has 8 heteroatoms. The van der Waals surface area contributed by atoms with Gasteiger partial charge in [-0.2, -0.15) is 0 Å². The van der Waals surface area contributed by atoms with Crippen LogP contribution in [0.3, 0.4) is 0 Å². The number of rotatable bonds is 4. The largest absolute Gasteiger partial charge is 0.461 e. The van der Waals surface area contributed by atoms with Crippen LogP contribution in [0.4, 0.5) is 0 Å². The monoisotopic (exact) mass is 643 g/mol. The molecule has 1 amide bonds. The Balaban J connectivity index is 1.58. The van der Waals surface area contributed by atoms with Crippen LogP contribution >= 0.6 is 0 Å². The molecule has 8 atom stereocenters. The lowest BCUT2D eigenvalue weighted by Crippen LogP contribution is -2.54. The molecule has 0 radical (unpaired) electrons. The molecule has 2 N–H and O–H groups in total. The van der Waals surface area contributed by atoms with Gasteiger partial charge < -0.3 is 29.3 Å². The molecule has 3 heterocycles. The molecule has 3 aliphatic heterocycles. The Bertz CT molecular complexity index is 1080. The van der Waals surface area contributed by atoms with Crippen LogP contribution in [0.25, 0.3) is 0 Å². The fourth-order valence-corrected chi connectivity index (χ4v) is 7.91. The molecule has 4 aliphatic rings. The second kappa shape index (κ2) is 17.4. The highest BCUT2D eigenvalue weighted by molar-refractivity contribution is 5.85. The standard InChI is InChI=1S/C38H61NO7/c1-26-11-7-6-8-12-27(2)35(44-5)24-32-20-15-29(4)38(43,46-32)25-36(41)39-22-10-9-13-33(39)37(42)45-34(21-14-26)28(3)23-30-16-18-31(40)19-17-30/h6-8,11-12,26,28-35,40,43H,9-10,13-25H2,1-5H3/b8-6+,11-7+,27-12+/t26-,28-,29-,30?,31?,32+,33+,34?,35+,38+/m1/s1. The van der Waals surface area contributed by atoms with E-state index in [0.717, 1.165) is 76.2 Å². The fraction of sp³-hybridized carbons (Fsp3) is 0.789. The van der Waals surface area contributed by atoms with E-state index in [0.29, 0.717) is 31.2 Å². The number of carbonyl (C=O) groups excluding carboxylic acids is 2. The summed E-state index contributed by atoms with van der Waals surface area (Å²) in [4.78, 5) is 29.5. The minimum absolute atomic E-state index is 0.168. The lowest BCUT2D eigenvalue weighted by Gasteiger charge is -2.44. The molecule has 3 fully saturated rings. The third-order valence-electron chi connectivity index (χ3n) is 11.2. The van der Waals surface area contributed by atoms with Crippen LogP contribution < -0.4 is 0 Å². The predicted molar refractivity (Wildman–Crippen MR) is 180 cm³/mol. The Kier molecular flexibility index (Phi) is 13.9. The van der Waals surface area contributed by atoms with Crippen LogP contribution in [-0.2, 0) is 23.8 Å². The van der Waals surface area contributed by atoms with Crippen LogP contribution in [0.15, 0.2) is 36.0 Å². The van der Waals surface area contributed by atoms with E-state index in [4.69, 9.17) is 14.2 Å². The molecule has 46 heavy (non-hydrogen) atoms. The third kappa shape index (κ3) is 10.2. The Morgan fingerprint density at radius 3 is 2.50 bits per heavy atom. The smallest absolute Gasteiger partial charge is 0.329 e. The summed E-state index contributed by atoms with van der Waals surface area (Å²) in [6.45, 7) is 8.84. The molecule has 4 rings (SSSR count). The van der Waals surface area contributed by atoms with E-state index in [1.165, 1.54) is 0 Å². The van der Waals surface area contributed by atoms with Crippen molar-refractivity contribution in [1.82, 2.24) is 4.90 Å². The zero-order valence-electron chi connectivity index (χ0n) is 29.1. The van der Waals surface area contributed by atoms with Crippen LogP contribution in [0.2, 0.25) is 0 Å². The van der Waals surface area contributed by atoms with Crippen LogP contribution in [0.1, 0.15) is 118 Å². The van der Waals surface area contributed by atoms with Crippen LogP contribution in [0, 0.1) is 23.7 Å². The molecule has 260 valence electrons. The van der Waals surface area contributed by atoms with Gasteiger partial charge in [-0.25, -0.2) is 4.79 Å². The van der Waals surface area contributed by atoms with Gasteiger partial charge in [0.25, 0.3) is 0 Å². The number of nitrogens with zero attached hydrogens (tertiary/aromatic N) is 1. The number of hydrogen-bond donors (Lipinski definition) is 2. The first-order valence-electron chi connectivity index (χ1n) is 18.1. The number of ether oxygens (including phenoxy) is 3. The molecule has 0 aromatic rings. The highest BCUT2D eigenvalue weighted by Crippen LogP contribution is 2.38. The van der Waals surface area contributed by atoms with Crippen molar-refractivity contribution in [2.45, 2.75) is 154 Å². The maximum absolute atomic E-state index is 13.9. The summed E-state index contributed by atoms with van der Waals surface area (Å²) in [6.07, 6.45) is 20.0. The Morgan fingerprint density at radius 2 is 1.76 bits per heavy atom. The zero-order chi connectivity index (χ0) is 33.3. The van der Waals surface area contributed by atoms with E-state index >= 15 is 0 Å². The fourth-order valence-electron chi connectivity index (χ4n) is 7.91. The van der Waals surface area contributed by atoms with E-state index in [2.05, 4.69) is 32.1 Å². The quantitative estimate of drug-likeness (QED) is 0.331. The van der Waals surface area contributed by atoms with Gasteiger partial charge in [0.05, 0.1) is 24.7 Å². The van der Waals surface area contributed by atoms with Crippen molar-refractivity contribution in [3.05, 3.63) is 36.0 Å². The first-order valence-corrected chi connectivity index (χ1v) is 18.1. The van der Waals surface area contributed by atoms with Crippen molar-refractivity contribution in [1.29, 1.82) is 0 Å². The molecule has 0 aromatic heterocycles. The Hall–Kier alpha value is -2.00. The molecule has 1 unspecified atom stereocenters. The lowest BCUT2D eigenvalue weighted by molar-refractivity contribution is -0.284. The van der Waals surface area contributed by atoms with Crippen molar-refractivity contribution in [3.63, 3.8) is 0 Å². The van der Waals surface area contributed by atoms with E-state index in [9.17, 15) is 19.8 Å². The molecule has 1 aliphatic carbocycles. The van der Waals surface area contributed by atoms with Gasteiger partial charge in [-0.1, -0.05) is 51.2 Å². The molecular weight excluding hydrogens is 582 g/mol. The number of cyclic esters (lactones) is 1. The number of esters is 1. The lowest BCUT2D eigenvalue weighted by atomic mass is 9.80. The minimum atomic E-state index is -1.61. The molecule has 0 spiro atoms. The first kappa shape index (κ1) is 36.8. The normalized spacial score (nSPS) is 40.8. The van der Waals surface area contributed by atoms with Gasteiger partial charge in [-0.3, -0.25) is 4.79 Å². The average molecular weight is 644 g/mol. The number of fused-ring (bicyclic) bond motifs is 3. The molecule has 8 nitrogen and oxygen atoms in total. The van der Waals surface area contributed by atoms with Gasteiger partial charge in [0.1, 0.15) is 12.1 Å². The number of amides is 1. The maximum Gasteiger partial charge on any atom is 0.329 e. The van der Waals surface area contributed by atoms with Gasteiger partial charge >= 0.3 is 5.97 Å². The summed E-state index contributed by atoms with van der Waals surface area (Å²) in [7, 11) is 1.69. The predicted octanol–water partition coefficient (Wildman–Crippen LogP) is 6.64. The van der Waals surface area contributed by atoms with Crippen LogP contribution in [0.5, 0.6) is 0 Å². The van der Waals surface area contributed by atoms with Crippen molar-refractivity contribution in [2.75, 3.05) is 13.7 Å². The summed E-state index contributed by atoms with van der Waals surface area (Å²) < 4.78 is 18.5. The van der Waals surface area contributed by atoms with Gasteiger partial charge in [-0.15, -0.1) is 0 Å². The first-order chi connectivity index (χ1) is 22.0. The van der Waals surface area contributed by atoms with Crippen molar-refractivity contribution in [3.8, 4) is 0 Å². The van der Waals surface area contributed by atoms with E-state index in [1.807, 2.05) is 26.0 Å². The summed E-state index contributed by atoms with van der Waals surface area (Å²) in [6, 6.07) is -0.652. The zero-order valence-corrected chi connectivity index (χ0v) is 29.1. The second-order valence-electron chi connectivity index (χ2n) is 14.9. The maximum atomic E-state index is 13.9. The number of aliphatic hydroxyl groups excluding tert-OH is 1. The number of aliphatic hydroxyl groups is 2. The van der Waals surface area contributed by atoms with Gasteiger partial charge in [0.2, 0.25) is 5.91 Å². The highest BCUT2D eigenvalue weighted by atomic mass is 16.6. The molecule has 1 saturated carbocycles. The molecule has 2 saturated heterocycles. The third-order valence-corrected chi connectivity index (χ3v) is 11.2. The van der Waals surface area contributed by atoms with E-state index < -0.39 is 11.8 Å². The number of piperidine rings is 1. The van der Waals surface area contributed by atoms with Crippen LogP contribution in [-0.4, -0.2) is 76.9 Å². The second-order valence-corrected chi connectivity index (χ2v) is 14.9. The van der Waals surface area contributed by atoms with Crippen molar-refractivity contribution >= 4 is 11.9 Å². The Morgan fingerprint density at radius 1 is 1.00 bits per heavy atom. The summed E-state index contributed by atoms with van der Waals surface area (Å²) in [5, 5.41) is 21.8.